The number of carboxylic acid groups (broad SMARTS) is 1. The summed E-state index contributed by atoms with van der Waals surface area (Å²) in [6.07, 6.45) is 0.813. The van der Waals surface area contributed by atoms with Crippen LogP contribution in [0.5, 0.6) is 5.75 Å². The molecule has 0 aliphatic carbocycles. The van der Waals surface area contributed by atoms with Crippen LogP contribution in [-0.2, 0) is 11.2 Å². The molecule has 0 aliphatic rings. The van der Waals surface area contributed by atoms with E-state index in [2.05, 4.69) is 5.32 Å². The van der Waals surface area contributed by atoms with E-state index in [-0.39, 0.29) is 6.54 Å². The van der Waals surface area contributed by atoms with Crippen molar-refractivity contribution in [3.05, 3.63) is 65.7 Å². The van der Waals surface area contributed by atoms with E-state index in [9.17, 15) is 14.7 Å². The van der Waals surface area contributed by atoms with Gasteiger partial charge in [0, 0.05) is 18.7 Å². The number of hydrogen-bond donors (Lipinski definition) is 2. The van der Waals surface area contributed by atoms with Gasteiger partial charge in [-0.15, -0.1) is 0 Å². The summed E-state index contributed by atoms with van der Waals surface area (Å²) < 4.78 is 5.09. The maximum atomic E-state index is 12.3. The zero-order valence-corrected chi connectivity index (χ0v) is 15.0. The molecule has 0 saturated carbocycles. The van der Waals surface area contributed by atoms with Crippen LogP contribution in [0.25, 0.3) is 0 Å². The van der Waals surface area contributed by atoms with E-state index in [1.54, 1.807) is 24.3 Å². The van der Waals surface area contributed by atoms with Crippen molar-refractivity contribution >= 4 is 11.9 Å². The van der Waals surface area contributed by atoms with Gasteiger partial charge in [-0.1, -0.05) is 36.4 Å². The Kier molecular flexibility index (Phi) is 7.17. The van der Waals surface area contributed by atoms with Crippen LogP contribution in [0.1, 0.15) is 15.9 Å². The maximum Gasteiger partial charge on any atom is 0.327 e. The first-order chi connectivity index (χ1) is 12.5. The highest BCUT2D eigenvalue weighted by Crippen LogP contribution is 2.12. The monoisotopic (exact) mass is 356 g/mol. The van der Waals surface area contributed by atoms with Gasteiger partial charge in [-0.25, -0.2) is 4.79 Å². The highest BCUT2D eigenvalue weighted by Gasteiger charge is 2.22. The van der Waals surface area contributed by atoms with Gasteiger partial charge < -0.3 is 20.1 Å². The Balaban J connectivity index is 1.93. The summed E-state index contributed by atoms with van der Waals surface area (Å²) in [7, 11) is 3.36. The number of methoxy groups -OCH3 is 1. The number of carbonyl (C=O) groups excluding carboxylic acids is 1. The van der Waals surface area contributed by atoms with E-state index < -0.39 is 17.9 Å². The number of rotatable bonds is 9. The topological polar surface area (TPSA) is 78.9 Å². The Morgan fingerprint density at radius 1 is 1.15 bits per heavy atom. The molecule has 0 aliphatic heterocycles. The first-order valence-electron chi connectivity index (χ1n) is 8.40. The Bertz CT molecular complexity index is 734. The second-order valence-corrected chi connectivity index (χ2v) is 6.09. The van der Waals surface area contributed by atoms with Crippen LogP contribution >= 0.6 is 0 Å². The summed E-state index contributed by atoms with van der Waals surface area (Å²) in [5, 5.41) is 12.0. The molecule has 0 spiro atoms. The lowest BCUT2D eigenvalue weighted by Crippen LogP contribution is -2.48. The molecule has 1 amide bonds. The van der Waals surface area contributed by atoms with Crippen LogP contribution in [0, 0.1) is 0 Å². The molecule has 2 rings (SSSR count). The van der Waals surface area contributed by atoms with Crippen molar-refractivity contribution in [3.63, 3.8) is 0 Å². The van der Waals surface area contributed by atoms with E-state index in [4.69, 9.17) is 4.74 Å². The van der Waals surface area contributed by atoms with Crippen molar-refractivity contribution in [3.8, 4) is 5.75 Å². The predicted molar refractivity (Wildman–Crippen MR) is 99.5 cm³/mol. The zero-order valence-electron chi connectivity index (χ0n) is 15.0. The van der Waals surface area contributed by atoms with Crippen LogP contribution in [0.15, 0.2) is 54.6 Å². The lowest BCUT2D eigenvalue weighted by atomic mass is 10.1. The summed E-state index contributed by atoms with van der Waals surface area (Å²) in [6.45, 7) is 0.917. The average molecular weight is 356 g/mol. The smallest absolute Gasteiger partial charge is 0.327 e. The van der Waals surface area contributed by atoms with Crippen LogP contribution in [-0.4, -0.2) is 55.2 Å². The SMILES string of the molecule is COc1cccc(C(=O)N[C@@H](CN(C)CCc2ccccc2)C(=O)O)c1. The first-order valence-corrected chi connectivity index (χ1v) is 8.40. The Labute approximate surface area is 153 Å². The summed E-state index contributed by atoms with van der Waals surface area (Å²) in [5.74, 6) is -0.954. The summed E-state index contributed by atoms with van der Waals surface area (Å²) in [5.41, 5.74) is 1.55. The van der Waals surface area contributed by atoms with Gasteiger partial charge in [0.05, 0.1) is 7.11 Å². The molecule has 0 heterocycles. The van der Waals surface area contributed by atoms with Gasteiger partial charge >= 0.3 is 5.97 Å². The highest BCUT2D eigenvalue weighted by molar-refractivity contribution is 5.96. The van der Waals surface area contributed by atoms with Crippen molar-refractivity contribution < 1.29 is 19.4 Å². The molecule has 1 atom stereocenters. The lowest BCUT2D eigenvalue weighted by molar-refractivity contribution is -0.139. The Hall–Kier alpha value is -2.86. The van der Waals surface area contributed by atoms with Gasteiger partial charge in [0.1, 0.15) is 11.8 Å². The number of benzene rings is 2. The predicted octanol–water partition coefficient (Wildman–Crippen LogP) is 2.05. The molecule has 0 radical (unpaired) electrons. The molecule has 0 aromatic heterocycles. The number of carboxylic acids is 1. The van der Waals surface area contributed by atoms with E-state index in [0.29, 0.717) is 17.9 Å². The number of hydrogen-bond acceptors (Lipinski definition) is 4. The fourth-order valence-corrected chi connectivity index (χ4v) is 2.56. The van der Waals surface area contributed by atoms with Crippen LogP contribution in [0.3, 0.4) is 0 Å². The number of likely N-dealkylation sites (N-methyl/N-ethyl adjacent to an activating group) is 1. The largest absolute Gasteiger partial charge is 0.497 e. The second kappa shape index (κ2) is 9.58. The first kappa shape index (κ1) is 19.5. The van der Waals surface area contributed by atoms with Crippen molar-refractivity contribution in [1.29, 1.82) is 0 Å². The summed E-state index contributed by atoms with van der Waals surface area (Å²) in [4.78, 5) is 25.8. The number of ether oxygens (including phenoxy) is 1. The van der Waals surface area contributed by atoms with Gasteiger partial charge in [-0.05, 0) is 37.2 Å². The van der Waals surface area contributed by atoms with Gasteiger partial charge in [-0.2, -0.15) is 0 Å². The summed E-state index contributed by atoms with van der Waals surface area (Å²) >= 11 is 0. The molecule has 0 bridgehead atoms. The molecule has 0 unspecified atom stereocenters. The highest BCUT2D eigenvalue weighted by atomic mass is 16.5. The molecule has 6 nitrogen and oxygen atoms in total. The van der Waals surface area contributed by atoms with E-state index in [0.717, 1.165) is 6.42 Å². The molecule has 0 saturated heterocycles. The third-order valence-electron chi connectivity index (χ3n) is 4.05. The van der Waals surface area contributed by atoms with Crippen molar-refractivity contribution in [1.82, 2.24) is 10.2 Å². The molecular formula is C20H24N2O4. The molecule has 0 fully saturated rings. The average Bonchev–Trinajstić information content (AvgIpc) is 2.66. The standard InChI is InChI=1S/C20H24N2O4/c1-22(12-11-15-7-4-3-5-8-15)14-18(20(24)25)21-19(23)16-9-6-10-17(13-16)26-2/h3-10,13,18H,11-12,14H2,1-2H3,(H,21,23)(H,24,25)/t18-/m0/s1. The minimum absolute atomic E-state index is 0.220. The number of carbonyl (C=O) groups is 2. The quantitative estimate of drug-likeness (QED) is 0.719. The zero-order chi connectivity index (χ0) is 18.9. The van der Waals surface area contributed by atoms with Crippen molar-refractivity contribution in [2.45, 2.75) is 12.5 Å². The van der Waals surface area contributed by atoms with Gasteiger partial charge in [0.15, 0.2) is 0 Å². The van der Waals surface area contributed by atoms with Crippen molar-refractivity contribution in [2.75, 3.05) is 27.2 Å². The molecule has 2 aromatic carbocycles. The van der Waals surface area contributed by atoms with Crippen molar-refractivity contribution in [2.24, 2.45) is 0 Å². The van der Waals surface area contributed by atoms with E-state index in [1.165, 1.54) is 12.7 Å². The maximum absolute atomic E-state index is 12.3. The Morgan fingerprint density at radius 2 is 1.88 bits per heavy atom. The van der Waals surface area contributed by atoms with E-state index >= 15 is 0 Å². The number of amides is 1. The van der Waals surface area contributed by atoms with Gasteiger partial charge in [-0.3, -0.25) is 4.79 Å². The number of aliphatic carboxylic acids is 1. The normalized spacial score (nSPS) is 11.8. The Morgan fingerprint density at radius 3 is 2.54 bits per heavy atom. The van der Waals surface area contributed by atoms with Gasteiger partial charge in [0.25, 0.3) is 5.91 Å². The molecule has 26 heavy (non-hydrogen) atoms. The fourth-order valence-electron chi connectivity index (χ4n) is 2.56. The fraction of sp³-hybridized carbons (Fsp3) is 0.300. The molecule has 2 aromatic rings. The molecule has 138 valence electrons. The minimum Gasteiger partial charge on any atom is -0.497 e. The van der Waals surface area contributed by atoms with E-state index in [1.807, 2.05) is 42.3 Å². The minimum atomic E-state index is -1.06. The van der Waals surface area contributed by atoms with Crippen LogP contribution < -0.4 is 10.1 Å². The van der Waals surface area contributed by atoms with Crippen LogP contribution in [0.2, 0.25) is 0 Å². The summed E-state index contributed by atoms with van der Waals surface area (Å²) in [6, 6.07) is 15.6. The molecule has 2 N–H and O–H groups in total. The number of nitrogens with zero attached hydrogens (tertiary/aromatic N) is 1. The molecular weight excluding hydrogens is 332 g/mol. The third-order valence-corrected chi connectivity index (χ3v) is 4.05. The van der Waals surface area contributed by atoms with Gasteiger partial charge in [0.2, 0.25) is 0 Å². The lowest BCUT2D eigenvalue weighted by Gasteiger charge is -2.22. The number of nitrogens with one attached hydrogen (secondary N) is 1. The third kappa shape index (κ3) is 5.89. The van der Waals surface area contributed by atoms with Crippen LogP contribution in [0.4, 0.5) is 0 Å². The second-order valence-electron chi connectivity index (χ2n) is 6.09. The molecule has 6 heteroatoms.